The van der Waals surface area contributed by atoms with Crippen LogP contribution in [0.2, 0.25) is 0 Å². The Morgan fingerprint density at radius 2 is 2.06 bits per heavy atom. The highest BCUT2D eigenvalue weighted by molar-refractivity contribution is 5.95. The summed E-state index contributed by atoms with van der Waals surface area (Å²) in [5.74, 6) is 0.363. The molecule has 3 N–H and O–H groups in total. The molecule has 1 rings (SSSR count). The average molecular weight is 265 g/mol. The average Bonchev–Trinajstić information content (AvgIpc) is 2.65. The Balaban J connectivity index is 0.00000256. The molecule has 6 nitrogen and oxygen atoms in total. The number of rotatable bonds is 4. The maximum absolute atomic E-state index is 11.4. The number of hydrogen-bond acceptors (Lipinski definition) is 4. The van der Waals surface area contributed by atoms with Gasteiger partial charge in [0.15, 0.2) is 0 Å². The fourth-order valence-corrected chi connectivity index (χ4v) is 1.94. The number of imide groups is 1. The van der Waals surface area contributed by atoms with Gasteiger partial charge in [-0.05, 0) is 32.5 Å². The molecule has 0 aromatic heterocycles. The lowest BCUT2D eigenvalue weighted by Crippen LogP contribution is -2.43. The fraction of sp³-hybridized carbons (Fsp3) is 0.800. The number of carbonyl (C=O) groups excluding carboxylic acids is 2. The molecule has 1 fully saturated rings. The zero-order chi connectivity index (χ0) is 12.0. The van der Waals surface area contributed by atoms with Crippen LogP contribution in [0.3, 0.4) is 0 Å². The van der Waals surface area contributed by atoms with Crippen LogP contribution in [0.1, 0.15) is 6.42 Å². The second-order valence-corrected chi connectivity index (χ2v) is 4.07. The first-order valence-electron chi connectivity index (χ1n) is 5.54. The minimum Gasteiger partial charge on any atom is -0.341 e. The molecule has 1 saturated heterocycles. The van der Waals surface area contributed by atoms with Gasteiger partial charge in [0.1, 0.15) is 0 Å². The van der Waals surface area contributed by atoms with Gasteiger partial charge in [-0.1, -0.05) is 0 Å². The van der Waals surface area contributed by atoms with Crippen molar-refractivity contribution in [3.63, 3.8) is 0 Å². The first kappa shape index (κ1) is 16.1. The number of hydrogen-bond donors (Lipinski definition) is 3. The molecule has 0 spiro atoms. The quantitative estimate of drug-likeness (QED) is 0.634. The molecular formula is C10H21ClN4O2. The standard InChI is InChI=1S/C10H20N4O2.ClH/c1-11-5-8-3-4-14(6-8)7-9(15)13-10(16)12-2;/h8,11H,3-7H2,1-2H3,(H2,12,13,15,16);1H. The number of nitrogens with one attached hydrogen (secondary N) is 3. The molecule has 0 bridgehead atoms. The highest BCUT2D eigenvalue weighted by atomic mass is 35.5. The van der Waals surface area contributed by atoms with Gasteiger partial charge in [-0.25, -0.2) is 4.79 Å². The molecule has 0 radical (unpaired) electrons. The van der Waals surface area contributed by atoms with E-state index in [0.29, 0.717) is 12.5 Å². The van der Waals surface area contributed by atoms with Crippen molar-refractivity contribution in [2.75, 3.05) is 40.3 Å². The summed E-state index contributed by atoms with van der Waals surface area (Å²) in [6, 6.07) is -0.448. The molecule has 0 aromatic carbocycles. The predicted octanol–water partition coefficient (Wildman–Crippen LogP) is -0.595. The van der Waals surface area contributed by atoms with Gasteiger partial charge < -0.3 is 10.6 Å². The lowest BCUT2D eigenvalue weighted by molar-refractivity contribution is -0.120. The number of likely N-dealkylation sites (tertiary alicyclic amines) is 1. The Bertz CT molecular complexity index is 263. The zero-order valence-corrected chi connectivity index (χ0v) is 11.1. The van der Waals surface area contributed by atoms with E-state index in [1.807, 2.05) is 7.05 Å². The topological polar surface area (TPSA) is 73.5 Å². The van der Waals surface area contributed by atoms with Crippen molar-refractivity contribution in [1.29, 1.82) is 0 Å². The molecule has 1 unspecified atom stereocenters. The number of urea groups is 1. The second-order valence-electron chi connectivity index (χ2n) is 4.07. The maximum atomic E-state index is 11.4. The van der Waals surface area contributed by atoms with Crippen LogP contribution in [0.4, 0.5) is 4.79 Å². The summed E-state index contributed by atoms with van der Waals surface area (Å²) in [5, 5.41) is 7.74. The number of nitrogens with zero attached hydrogens (tertiary/aromatic N) is 1. The highest BCUT2D eigenvalue weighted by Gasteiger charge is 2.23. The Morgan fingerprint density at radius 1 is 1.35 bits per heavy atom. The minimum atomic E-state index is -0.448. The largest absolute Gasteiger partial charge is 0.341 e. The molecule has 1 atom stereocenters. The van der Waals surface area contributed by atoms with Crippen molar-refractivity contribution in [2.45, 2.75) is 6.42 Å². The molecule has 1 heterocycles. The van der Waals surface area contributed by atoms with E-state index in [0.717, 1.165) is 26.1 Å². The third-order valence-corrected chi connectivity index (χ3v) is 2.71. The molecule has 0 aliphatic carbocycles. The summed E-state index contributed by atoms with van der Waals surface area (Å²) in [4.78, 5) is 24.4. The van der Waals surface area contributed by atoms with Gasteiger partial charge in [0, 0.05) is 13.6 Å². The first-order valence-corrected chi connectivity index (χ1v) is 5.54. The number of halogens is 1. The van der Waals surface area contributed by atoms with Crippen LogP contribution in [0.5, 0.6) is 0 Å². The van der Waals surface area contributed by atoms with Gasteiger partial charge in [0.25, 0.3) is 0 Å². The highest BCUT2D eigenvalue weighted by Crippen LogP contribution is 2.14. The molecule has 0 aromatic rings. The molecule has 3 amide bonds. The molecule has 0 saturated carbocycles. The Hall–Kier alpha value is -0.850. The van der Waals surface area contributed by atoms with E-state index in [4.69, 9.17) is 0 Å². The van der Waals surface area contributed by atoms with Crippen LogP contribution in [-0.4, -0.2) is 57.1 Å². The summed E-state index contributed by atoms with van der Waals surface area (Å²) in [6.45, 7) is 3.12. The van der Waals surface area contributed by atoms with Gasteiger partial charge in [-0.3, -0.25) is 15.0 Å². The molecule has 1 aliphatic heterocycles. The van der Waals surface area contributed by atoms with E-state index < -0.39 is 6.03 Å². The second kappa shape index (κ2) is 8.27. The lowest BCUT2D eigenvalue weighted by atomic mass is 10.1. The summed E-state index contributed by atoms with van der Waals surface area (Å²) in [6.07, 6.45) is 1.11. The maximum Gasteiger partial charge on any atom is 0.321 e. The van der Waals surface area contributed by atoms with Crippen LogP contribution >= 0.6 is 12.4 Å². The first-order chi connectivity index (χ1) is 7.65. The van der Waals surface area contributed by atoms with Gasteiger partial charge in [0.05, 0.1) is 6.54 Å². The number of amides is 3. The van der Waals surface area contributed by atoms with Crippen LogP contribution < -0.4 is 16.0 Å². The van der Waals surface area contributed by atoms with E-state index >= 15 is 0 Å². The van der Waals surface area contributed by atoms with Crippen molar-refractivity contribution in [3.05, 3.63) is 0 Å². The van der Waals surface area contributed by atoms with Crippen molar-refractivity contribution < 1.29 is 9.59 Å². The van der Waals surface area contributed by atoms with Crippen molar-refractivity contribution >= 4 is 24.3 Å². The van der Waals surface area contributed by atoms with Crippen LogP contribution in [-0.2, 0) is 4.79 Å². The van der Waals surface area contributed by atoms with Gasteiger partial charge in [-0.15, -0.1) is 12.4 Å². The summed E-state index contributed by atoms with van der Waals surface area (Å²) >= 11 is 0. The molecule has 1 aliphatic rings. The predicted molar refractivity (Wildman–Crippen MR) is 68.3 cm³/mol. The van der Waals surface area contributed by atoms with Crippen LogP contribution in [0.15, 0.2) is 0 Å². The normalized spacial score (nSPS) is 19.5. The van der Waals surface area contributed by atoms with Gasteiger partial charge in [0.2, 0.25) is 5.91 Å². The molecule has 100 valence electrons. The van der Waals surface area contributed by atoms with E-state index in [1.54, 1.807) is 0 Å². The minimum absolute atomic E-state index is 0. The summed E-state index contributed by atoms with van der Waals surface area (Å²) in [5.41, 5.74) is 0. The van der Waals surface area contributed by atoms with Gasteiger partial charge in [-0.2, -0.15) is 0 Å². The molecule has 17 heavy (non-hydrogen) atoms. The van der Waals surface area contributed by atoms with Gasteiger partial charge >= 0.3 is 6.03 Å². The van der Waals surface area contributed by atoms with Crippen molar-refractivity contribution in [1.82, 2.24) is 20.9 Å². The molecular weight excluding hydrogens is 244 g/mol. The van der Waals surface area contributed by atoms with E-state index in [1.165, 1.54) is 7.05 Å². The SMILES string of the molecule is CNCC1CCN(CC(=O)NC(=O)NC)C1.Cl. The molecule has 7 heteroatoms. The van der Waals surface area contributed by atoms with Crippen LogP contribution in [0.25, 0.3) is 0 Å². The third kappa shape index (κ3) is 5.86. The third-order valence-electron chi connectivity index (χ3n) is 2.71. The van der Waals surface area contributed by atoms with Crippen LogP contribution in [0, 0.1) is 5.92 Å². The smallest absolute Gasteiger partial charge is 0.321 e. The van der Waals surface area contributed by atoms with Crippen molar-refractivity contribution in [3.8, 4) is 0 Å². The lowest BCUT2D eigenvalue weighted by Gasteiger charge is -2.15. The Kier molecular flexibility index (Phi) is 7.86. The monoisotopic (exact) mass is 264 g/mol. The zero-order valence-electron chi connectivity index (χ0n) is 10.3. The fourth-order valence-electron chi connectivity index (χ4n) is 1.94. The van der Waals surface area contributed by atoms with E-state index in [9.17, 15) is 9.59 Å². The van der Waals surface area contributed by atoms with Crippen molar-refractivity contribution in [2.24, 2.45) is 5.92 Å². The summed E-state index contributed by atoms with van der Waals surface area (Å²) in [7, 11) is 3.42. The summed E-state index contributed by atoms with van der Waals surface area (Å²) < 4.78 is 0. The van der Waals surface area contributed by atoms with E-state index in [-0.39, 0.29) is 18.3 Å². The Labute approximate surface area is 108 Å². The van der Waals surface area contributed by atoms with E-state index in [2.05, 4.69) is 20.9 Å². The Morgan fingerprint density at radius 3 is 2.65 bits per heavy atom. The number of carbonyl (C=O) groups is 2.